The third kappa shape index (κ3) is 2.70. The van der Waals surface area contributed by atoms with Gasteiger partial charge in [-0.25, -0.2) is 0 Å². The maximum absolute atomic E-state index is 13.1. The zero-order valence-electron chi connectivity index (χ0n) is 13.5. The molecule has 26 heavy (non-hydrogen) atoms. The normalized spacial score (nSPS) is 19.4. The van der Waals surface area contributed by atoms with Gasteiger partial charge in [0.25, 0.3) is 5.91 Å². The van der Waals surface area contributed by atoms with Crippen LogP contribution >= 0.6 is 0 Å². The van der Waals surface area contributed by atoms with Gasteiger partial charge in [-0.05, 0) is 23.8 Å². The molecule has 0 aromatic heterocycles. The Labute approximate surface area is 147 Å². The molecule has 0 spiro atoms. The Kier molecular flexibility index (Phi) is 4.20. The van der Waals surface area contributed by atoms with Gasteiger partial charge in [0.1, 0.15) is 6.29 Å². The number of aliphatic hydroxyl groups is 1. The molecule has 0 saturated carbocycles. The van der Waals surface area contributed by atoms with Crippen LogP contribution < -0.4 is 4.90 Å². The summed E-state index contributed by atoms with van der Waals surface area (Å²) in [5.74, 6) is -0.909. The second-order valence-electron chi connectivity index (χ2n) is 5.96. The summed E-state index contributed by atoms with van der Waals surface area (Å²) in [6.07, 6.45) is -4.48. The monoisotopic (exact) mass is 361 g/mol. The largest absolute Gasteiger partial charge is 0.416 e. The van der Waals surface area contributed by atoms with Crippen molar-refractivity contribution in [2.24, 2.45) is 0 Å². The van der Waals surface area contributed by atoms with E-state index in [1.165, 1.54) is 0 Å². The van der Waals surface area contributed by atoms with Crippen molar-refractivity contribution in [1.29, 1.82) is 0 Å². The minimum atomic E-state index is -4.66. The van der Waals surface area contributed by atoms with E-state index in [4.69, 9.17) is 0 Å². The first kappa shape index (κ1) is 17.9. The van der Waals surface area contributed by atoms with E-state index in [9.17, 15) is 27.9 Å². The van der Waals surface area contributed by atoms with E-state index in [1.54, 1.807) is 30.3 Å². The van der Waals surface area contributed by atoms with Gasteiger partial charge in [0.2, 0.25) is 0 Å². The molecule has 2 aromatic carbocycles. The lowest BCUT2D eigenvalue weighted by atomic mass is 9.88. The number of rotatable bonds is 4. The van der Waals surface area contributed by atoms with E-state index in [1.807, 2.05) is 0 Å². The van der Waals surface area contributed by atoms with Gasteiger partial charge in [0, 0.05) is 11.1 Å². The number of aldehydes is 1. The third-order valence-electron chi connectivity index (χ3n) is 4.35. The minimum absolute atomic E-state index is 0.0342. The molecule has 0 fully saturated rings. The summed E-state index contributed by atoms with van der Waals surface area (Å²) in [5, 5.41) is 10.8. The molecule has 4 nitrogen and oxygen atoms in total. The second-order valence-corrected chi connectivity index (χ2v) is 5.96. The summed E-state index contributed by atoms with van der Waals surface area (Å²) >= 11 is 0. The standard InChI is InChI=1S/C19H14F3NO3/c1-12(11-24)18(26)15-9-14(19(20,21)22)7-8-16(15)23(17(18)25)10-13-5-3-2-4-6-13/h2-9,11,26H,1,10H2/t18-/m0/s1. The number of fused-ring (bicyclic) bond motifs is 1. The van der Waals surface area contributed by atoms with Crippen molar-refractivity contribution < 1.29 is 27.9 Å². The van der Waals surface area contributed by atoms with Crippen molar-refractivity contribution in [1.82, 2.24) is 0 Å². The van der Waals surface area contributed by atoms with Crippen molar-refractivity contribution in [3.63, 3.8) is 0 Å². The first-order valence-electron chi connectivity index (χ1n) is 7.64. The summed E-state index contributed by atoms with van der Waals surface area (Å²) in [4.78, 5) is 25.1. The molecule has 1 heterocycles. The second kappa shape index (κ2) is 6.10. The average Bonchev–Trinajstić information content (AvgIpc) is 2.83. The number of hydrogen-bond donors (Lipinski definition) is 1. The number of benzene rings is 2. The van der Waals surface area contributed by atoms with Gasteiger partial charge in [0.15, 0.2) is 5.60 Å². The van der Waals surface area contributed by atoms with Gasteiger partial charge in [-0.15, -0.1) is 0 Å². The Morgan fingerprint density at radius 1 is 1.19 bits per heavy atom. The van der Waals surface area contributed by atoms with Crippen molar-refractivity contribution in [3.8, 4) is 0 Å². The van der Waals surface area contributed by atoms with E-state index in [2.05, 4.69) is 6.58 Å². The number of halogens is 3. The highest BCUT2D eigenvalue weighted by Gasteiger charge is 2.52. The topological polar surface area (TPSA) is 57.6 Å². The van der Waals surface area contributed by atoms with Crippen LogP contribution in [0.5, 0.6) is 0 Å². The fourth-order valence-corrected chi connectivity index (χ4v) is 2.98. The molecule has 1 amide bonds. The average molecular weight is 361 g/mol. The lowest BCUT2D eigenvalue weighted by Crippen LogP contribution is -2.41. The maximum atomic E-state index is 13.1. The van der Waals surface area contributed by atoms with Crippen LogP contribution in [-0.4, -0.2) is 17.3 Å². The quantitative estimate of drug-likeness (QED) is 0.672. The summed E-state index contributed by atoms with van der Waals surface area (Å²) in [7, 11) is 0. The van der Waals surface area contributed by atoms with Crippen LogP contribution in [0, 0.1) is 0 Å². The first-order valence-corrected chi connectivity index (χ1v) is 7.64. The van der Waals surface area contributed by atoms with Crippen molar-refractivity contribution in [3.05, 3.63) is 77.4 Å². The Balaban J connectivity index is 2.16. The van der Waals surface area contributed by atoms with Crippen molar-refractivity contribution >= 4 is 17.9 Å². The van der Waals surface area contributed by atoms with Gasteiger partial charge < -0.3 is 10.0 Å². The van der Waals surface area contributed by atoms with Crippen LogP contribution in [0.4, 0.5) is 18.9 Å². The molecule has 0 unspecified atom stereocenters. The van der Waals surface area contributed by atoms with Crippen LogP contribution in [0.2, 0.25) is 0 Å². The summed E-state index contributed by atoms with van der Waals surface area (Å²) in [6.45, 7) is 3.40. The van der Waals surface area contributed by atoms with E-state index < -0.39 is 28.8 Å². The molecule has 0 saturated heterocycles. The van der Waals surface area contributed by atoms with E-state index in [0.29, 0.717) is 11.6 Å². The highest BCUT2D eigenvalue weighted by Crippen LogP contribution is 2.46. The predicted molar refractivity (Wildman–Crippen MR) is 88.2 cm³/mol. The number of carbonyl (C=O) groups excluding carboxylic acids is 2. The van der Waals surface area contributed by atoms with Gasteiger partial charge in [-0.2, -0.15) is 13.2 Å². The molecule has 7 heteroatoms. The molecule has 0 bridgehead atoms. The number of nitrogens with zero attached hydrogens (tertiary/aromatic N) is 1. The lowest BCUT2D eigenvalue weighted by Gasteiger charge is -2.23. The predicted octanol–water partition coefficient (Wildman–Crippen LogP) is 3.19. The minimum Gasteiger partial charge on any atom is -0.372 e. The molecule has 1 N–H and O–H groups in total. The van der Waals surface area contributed by atoms with Crippen LogP contribution in [0.1, 0.15) is 16.7 Å². The first-order chi connectivity index (χ1) is 12.2. The maximum Gasteiger partial charge on any atom is 0.416 e. The molecule has 0 aliphatic carbocycles. The fourth-order valence-electron chi connectivity index (χ4n) is 2.98. The van der Waals surface area contributed by atoms with Gasteiger partial charge in [-0.3, -0.25) is 9.59 Å². The molecule has 1 atom stereocenters. The fraction of sp³-hybridized carbons (Fsp3) is 0.158. The Morgan fingerprint density at radius 2 is 1.85 bits per heavy atom. The number of alkyl halides is 3. The van der Waals surface area contributed by atoms with Gasteiger partial charge >= 0.3 is 6.18 Å². The number of amides is 1. The molecular formula is C19H14F3NO3. The van der Waals surface area contributed by atoms with Crippen LogP contribution in [-0.2, 0) is 27.9 Å². The highest BCUT2D eigenvalue weighted by atomic mass is 19.4. The van der Waals surface area contributed by atoms with Crippen LogP contribution in [0.3, 0.4) is 0 Å². The highest BCUT2D eigenvalue weighted by molar-refractivity contribution is 6.11. The molecule has 134 valence electrons. The van der Waals surface area contributed by atoms with Gasteiger partial charge in [0.05, 0.1) is 17.8 Å². The molecule has 1 aliphatic heterocycles. The smallest absolute Gasteiger partial charge is 0.372 e. The van der Waals surface area contributed by atoms with Crippen LogP contribution in [0.15, 0.2) is 60.7 Å². The Bertz CT molecular complexity index is 893. The SMILES string of the molecule is C=C(C=O)[C@@]1(O)C(=O)N(Cc2ccccc2)c2ccc(C(F)(F)F)cc21. The summed E-state index contributed by atoms with van der Waals surface area (Å²) in [5.41, 5.74) is -3.54. The Morgan fingerprint density at radius 3 is 2.42 bits per heavy atom. The molecule has 1 aliphatic rings. The van der Waals surface area contributed by atoms with Crippen molar-refractivity contribution in [2.75, 3.05) is 4.90 Å². The lowest BCUT2D eigenvalue weighted by molar-refractivity contribution is -0.138. The van der Waals surface area contributed by atoms with E-state index >= 15 is 0 Å². The zero-order chi connectivity index (χ0) is 19.1. The molecule has 0 radical (unpaired) electrons. The molecular weight excluding hydrogens is 347 g/mol. The third-order valence-corrected chi connectivity index (χ3v) is 4.35. The molecule has 3 rings (SSSR count). The molecule has 2 aromatic rings. The number of hydrogen-bond acceptors (Lipinski definition) is 3. The van der Waals surface area contributed by atoms with Gasteiger partial charge in [-0.1, -0.05) is 36.9 Å². The van der Waals surface area contributed by atoms with E-state index in [0.717, 1.165) is 17.0 Å². The summed E-state index contributed by atoms with van der Waals surface area (Å²) < 4.78 is 39.2. The number of carbonyl (C=O) groups is 2. The van der Waals surface area contributed by atoms with Crippen LogP contribution in [0.25, 0.3) is 0 Å². The van der Waals surface area contributed by atoms with E-state index in [-0.39, 0.29) is 24.1 Å². The summed E-state index contributed by atoms with van der Waals surface area (Å²) in [6, 6.07) is 11.4. The zero-order valence-corrected chi connectivity index (χ0v) is 13.5. The van der Waals surface area contributed by atoms with Crippen molar-refractivity contribution in [2.45, 2.75) is 18.3 Å². The number of anilines is 1. The Hall–Kier alpha value is -2.93.